The van der Waals surface area contributed by atoms with Gasteiger partial charge in [-0.3, -0.25) is 0 Å². The van der Waals surface area contributed by atoms with Gasteiger partial charge in [0.2, 0.25) is 0 Å². The number of nitrogens with zero attached hydrogens (tertiary/aromatic N) is 2. The second-order valence-electron chi connectivity index (χ2n) is 3.47. The van der Waals surface area contributed by atoms with Crippen molar-refractivity contribution < 1.29 is 0 Å². The zero-order chi connectivity index (χ0) is 10.1. The molecule has 1 aromatic rings. The molecule has 74 valence electrons. The maximum absolute atomic E-state index is 5.51. The summed E-state index contributed by atoms with van der Waals surface area (Å²) < 4.78 is 0. The first-order valence-corrected chi connectivity index (χ1v) is 4.98. The summed E-state index contributed by atoms with van der Waals surface area (Å²) in [7, 11) is 0. The zero-order valence-corrected chi connectivity index (χ0v) is 8.77. The molecular formula is C9H12N4S. The van der Waals surface area contributed by atoms with Gasteiger partial charge in [-0.1, -0.05) is 12.2 Å². The Hall–Kier alpha value is -1.23. The van der Waals surface area contributed by atoms with Crippen LogP contribution in [-0.4, -0.2) is 21.0 Å². The van der Waals surface area contributed by atoms with Gasteiger partial charge in [-0.2, -0.15) is 0 Å². The Labute approximate surface area is 87.9 Å². The molecule has 0 atom stereocenters. The summed E-state index contributed by atoms with van der Waals surface area (Å²) >= 11 is 4.87. The zero-order valence-electron chi connectivity index (χ0n) is 7.95. The van der Waals surface area contributed by atoms with Gasteiger partial charge in [-0.15, -0.1) is 0 Å². The molecule has 2 rings (SSSR count). The highest BCUT2D eigenvalue weighted by atomic mass is 32.1. The van der Waals surface area contributed by atoms with Crippen molar-refractivity contribution in [1.29, 1.82) is 0 Å². The molecule has 0 saturated heterocycles. The molecule has 0 aliphatic heterocycles. The van der Waals surface area contributed by atoms with Crippen molar-refractivity contribution in [1.82, 2.24) is 9.97 Å². The van der Waals surface area contributed by atoms with E-state index in [-0.39, 0.29) is 0 Å². The minimum absolute atomic E-state index is 0.314. The SMILES string of the molecule is Cc1nc(NC2CC2)cc(C(N)=S)n1. The van der Waals surface area contributed by atoms with E-state index >= 15 is 0 Å². The van der Waals surface area contributed by atoms with Gasteiger partial charge in [-0.25, -0.2) is 9.97 Å². The summed E-state index contributed by atoms with van der Waals surface area (Å²) in [5.74, 6) is 1.52. The van der Waals surface area contributed by atoms with Gasteiger partial charge in [0.15, 0.2) is 0 Å². The van der Waals surface area contributed by atoms with E-state index in [2.05, 4.69) is 15.3 Å². The van der Waals surface area contributed by atoms with Crippen LogP contribution in [0.1, 0.15) is 24.4 Å². The molecule has 0 amide bonds. The molecule has 1 aromatic heterocycles. The lowest BCUT2D eigenvalue weighted by atomic mass is 10.3. The first-order valence-electron chi connectivity index (χ1n) is 4.57. The van der Waals surface area contributed by atoms with Gasteiger partial charge >= 0.3 is 0 Å². The first-order chi connectivity index (χ1) is 6.65. The number of anilines is 1. The molecule has 4 nitrogen and oxygen atoms in total. The number of aryl methyl sites for hydroxylation is 1. The van der Waals surface area contributed by atoms with Crippen molar-refractivity contribution in [3.8, 4) is 0 Å². The Morgan fingerprint density at radius 2 is 2.29 bits per heavy atom. The Bertz CT molecular complexity index is 373. The number of rotatable bonds is 3. The number of thiocarbonyl (C=S) groups is 1. The van der Waals surface area contributed by atoms with Gasteiger partial charge in [0, 0.05) is 12.1 Å². The molecule has 1 aliphatic rings. The first kappa shape index (κ1) is 9.33. The third-order valence-corrected chi connectivity index (χ3v) is 2.23. The highest BCUT2D eigenvalue weighted by Crippen LogP contribution is 2.23. The van der Waals surface area contributed by atoms with E-state index in [9.17, 15) is 0 Å². The van der Waals surface area contributed by atoms with E-state index in [4.69, 9.17) is 18.0 Å². The fourth-order valence-corrected chi connectivity index (χ4v) is 1.31. The van der Waals surface area contributed by atoms with Gasteiger partial charge in [0.1, 0.15) is 22.3 Å². The minimum Gasteiger partial charge on any atom is -0.388 e. The van der Waals surface area contributed by atoms with Crippen molar-refractivity contribution in [2.45, 2.75) is 25.8 Å². The Balaban J connectivity index is 2.25. The van der Waals surface area contributed by atoms with E-state index in [0.717, 1.165) is 5.82 Å². The van der Waals surface area contributed by atoms with Crippen LogP contribution in [0.5, 0.6) is 0 Å². The second-order valence-corrected chi connectivity index (χ2v) is 3.91. The Morgan fingerprint density at radius 3 is 2.86 bits per heavy atom. The van der Waals surface area contributed by atoms with E-state index in [1.165, 1.54) is 12.8 Å². The predicted octanol–water partition coefficient (Wildman–Crippen LogP) is 0.994. The van der Waals surface area contributed by atoms with E-state index in [1.807, 2.05) is 6.92 Å². The van der Waals surface area contributed by atoms with Gasteiger partial charge in [0.05, 0.1) is 0 Å². The summed E-state index contributed by atoms with van der Waals surface area (Å²) in [5, 5.41) is 3.29. The molecule has 1 heterocycles. The van der Waals surface area contributed by atoms with Crippen molar-refractivity contribution in [2.24, 2.45) is 5.73 Å². The molecule has 14 heavy (non-hydrogen) atoms. The average molecular weight is 208 g/mol. The largest absolute Gasteiger partial charge is 0.388 e. The topological polar surface area (TPSA) is 63.8 Å². The van der Waals surface area contributed by atoms with E-state index < -0.39 is 0 Å². The summed E-state index contributed by atoms with van der Waals surface area (Å²) in [6.07, 6.45) is 2.43. The summed E-state index contributed by atoms with van der Waals surface area (Å²) in [5.41, 5.74) is 6.15. The van der Waals surface area contributed by atoms with Crippen LogP contribution in [0, 0.1) is 6.92 Å². The lowest BCUT2D eigenvalue weighted by Crippen LogP contribution is -2.14. The van der Waals surface area contributed by atoms with Crippen LogP contribution >= 0.6 is 12.2 Å². The van der Waals surface area contributed by atoms with E-state index in [0.29, 0.717) is 22.5 Å². The van der Waals surface area contributed by atoms with E-state index in [1.54, 1.807) is 6.07 Å². The number of hydrogen-bond acceptors (Lipinski definition) is 4. The normalized spacial score (nSPS) is 15.2. The quantitative estimate of drug-likeness (QED) is 0.725. The fourth-order valence-electron chi connectivity index (χ4n) is 1.20. The van der Waals surface area contributed by atoms with Crippen molar-refractivity contribution in [3.05, 3.63) is 17.6 Å². The summed E-state index contributed by atoms with van der Waals surface area (Å²) in [4.78, 5) is 8.72. The maximum Gasteiger partial charge on any atom is 0.130 e. The molecule has 3 N–H and O–H groups in total. The van der Waals surface area contributed by atoms with Crippen molar-refractivity contribution >= 4 is 23.0 Å². The molecule has 1 saturated carbocycles. The third-order valence-electron chi connectivity index (χ3n) is 2.02. The lowest BCUT2D eigenvalue weighted by Gasteiger charge is -2.06. The second kappa shape index (κ2) is 3.49. The number of aromatic nitrogens is 2. The number of hydrogen-bond donors (Lipinski definition) is 2. The molecule has 0 bridgehead atoms. The lowest BCUT2D eigenvalue weighted by molar-refractivity contribution is 1.01. The van der Waals surface area contributed by atoms with Crippen LogP contribution < -0.4 is 11.1 Å². The average Bonchev–Trinajstić information content (AvgIpc) is 2.87. The monoisotopic (exact) mass is 208 g/mol. The molecule has 0 radical (unpaired) electrons. The maximum atomic E-state index is 5.51. The Morgan fingerprint density at radius 1 is 1.57 bits per heavy atom. The van der Waals surface area contributed by atoms with Crippen LogP contribution in [0.2, 0.25) is 0 Å². The fraction of sp³-hybridized carbons (Fsp3) is 0.444. The van der Waals surface area contributed by atoms with Crippen LogP contribution in [0.25, 0.3) is 0 Å². The Kier molecular flexibility index (Phi) is 2.33. The smallest absolute Gasteiger partial charge is 0.130 e. The highest BCUT2D eigenvalue weighted by molar-refractivity contribution is 7.80. The van der Waals surface area contributed by atoms with Crippen molar-refractivity contribution in [2.75, 3.05) is 5.32 Å². The van der Waals surface area contributed by atoms with Crippen LogP contribution in [0.4, 0.5) is 5.82 Å². The van der Waals surface area contributed by atoms with Crippen LogP contribution in [0.15, 0.2) is 6.07 Å². The van der Waals surface area contributed by atoms with Crippen LogP contribution in [-0.2, 0) is 0 Å². The molecule has 0 unspecified atom stereocenters. The summed E-state index contributed by atoms with van der Waals surface area (Å²) in [6.45, 7) is 1.83. The summed E-state index contributed by atoms with van der Waals surface area (Å²) in [6, 6.07) is 2.37. The molecule has 0 aromatic carbocycles. The molecule has 1 fully saturated rings. The minimum atomic E-state index is 0.314. The van der Waals surface area contributed by atoms with Gasteiger partial charge in [0.25, 0.3) is 0 Å². The van der Waals surface area contributed by atoms with Gasteiger partial charge < -0.3 is 11.1 Å². The molecular weight excluding hydrogens is 196 g/mol. The van der Waals surface area contributed by atoms with Gasteiger partial charge in [-0.05, 0) is 19.8 Å². The molecule has 1 aliphatic carbocycles. The predicted molar refractivity (Wildman–Crippen MR) is 59.3 cm³/mol. The number of nitrogens with two attached hydrogens (primary N) is 1. The standard InChI is InChI=1S/C9H12N4S/c1-5-11-7(9(10)14)4-8(12-5)13-6-2-3-6/h4,6H,2-3H2,1H3,(H2,10,14)(H,11,12,13). The number of nitrogens with one attached hydrogen (secondary N) is 1. The third kappa shape index (κ3) is 2.17. The molecule has 5 heteroatoms. The highest BCUT2D eigenvalue weighted by Gasteiger charge is 2.21. The van der Waals surface area contributed by atoms with Crippen molar-refractivity contribution in [3.63, 3.8) is 0 Å². The van der Waals surface area contributed by atoms with Crippen LogP contribution in [0.3, 0.4) is 0 Å². The molecule has 0 spiro atoms.